The van der Waals surface area contributed by atoms with Crippen molar-refractivity contribution in [2.24, 2.45) is 11.3 Å². The van der Waals surface area contributed by atoms with Crippen LogP contribution in [0.25, 0.3) is 0 Å². The number of nitrogens with one attached hydrogen (secondary N) is 1. The highest BCUT2D eigenvalue weighted by atomic mass is 16.6. The molecule has 2 amide bonds. The molecule has 1 aliphatic carbocycles. The molecule has 3 fully saturated rings. The third-order valence-electron chi connectivity index (χ3n) is 8.27. The molecule has 1 saturated carbocycles. The molecule has 2 saturated heterocycles. The van der Waals surface area contributed by atoms with Gasteiger partial charge < -0.3 is 24.8 Å². The molecule has 2 aromatic rings. The molecule has 1 aromatic heterocycles. The molecule has 0 unspecified atom stereocenters. The number of carbonyl (C=O) groups is 2. The highest BCUT2D eigenvalue weighted by Crippen LogP contribution is 2.49. The minimum atomic E-state index is -0.499. The third-order valence-corrected chi connectivity index (χ3v) is 8.27. The molecule has 196 valence electrons. The lowest BCUT2D eigenvalue weighted by Crippen LogP contribution is -2.78. The van der Waals surface area contributed by atoms with Crippen LogP contribution >= 0.6 is 0 Å². The standard InChI is InChI=1S/C29H37N5O3/c1-27(2,3)37-26(36)32-17-29(18-32)10-12-34(29)21-8-9-22-23(13-21)33(25(35)20-14-28(4,5)15-20)16-19-7-6-11-30-24(19)31-22/h6-9,11,13,20H,10,12,14-18H2,1-5H3,(H,30,31). The summed E-state index contributed by atoms with van der Waals surface area (Å²) in [5, 5.41) is 3.48. The number of pyridine rings is 1. The molecular weight excluding hydrogens is 466 g/mol. The molecule has 4 heterocycles. The molecule has 37 heavy (non-hydrogen) atoms. The van der Waals surface area contributed by atoms with Gasteiger partial charge in [0, 0.05) is 43.0 Å². The zero-order chi connectivity index (χ0) is 26.2. The molecule has 6 rings (SSSR count). The second-order valence-electron chi connectivity index (χ2n) is 13.0. The number of aromatic nitrogens is 1. The van der Waals surface area contributed by atoms with Gasteiger partial charge in [-0.3, -0.25) is 4.79 Å². The van der Waals surface area contributed by atoms with Crippen LogP contribution in [0, 0.1) is 11.3 Å². The van der Waals surface area contributed by atoms with Crippen molar-refractivity contribution < 1.29 is 14.3 Å². The summed E-state index contributed by atoms with van der Waals surface area (Å²) in [6, 6.07) is 10.3. The highest BCUT2D eigenvalue weighted by molar-refractivity contribution is 6.00. The summed E-state index contributed by atoms with van der Waals surface area (Å²) < 4.78 is 5.57. The summed E-state index contributed by atoms with van der Waals surface area (Å²) in [4.78, 5) is 37.0. The van der Waals surface area contributed by atoms with E-state index in [4.69, 9.17) is 4.74 Å². The van der Waals surface area contributed by atoms with Crippen LogP contribution in [-0.2, 0) is 16.1 Å². The van der Waals surface area contributed by atoms with Crippen LogP contribution in [0.15, 0.2) is 36.5 Å². The number of rotatable bonds is 2. The maximum Gasteiger partial charge on any atom is 0.410 e. The molecular formula is C29H37N5O3. The van der Waals surface area contributed by atoms with Crippen LogP contribution in [0.5, 0.6) is 0 Å². The Bertz CT molecular complexity index is 1250. The van der Waals surface area contributed by atoms with E-state index in [1.807, 2.05) is 37.8 Å². The third kappa shape index (κ3) is 4.20. The minimum absolute atomic E-state index is 0.0501. The van der Waals surface area contributed by atoms with Gasteiger partial charge in [0.15, 0.2) is 0 Å². The number of fused-ring (bicyclic) bond motifs is 2. The number of hydrogen-bond donors (Lipinski definition) is 1. The first-order valence-corrected chi connectivity index (χ1v) is 13.4. The Morgan fingerprint density at radius 1 is 1.14 bits per heavy atom. The van der Waals surface area contributed by atoms with E-state index in [0.29, 0.717) is 19.6 Å². The molecule has 1 N–H and O–H groups in total. The van der Waals surface area contributed by atoms with Gasteiger partial charge in [0.05, 0.1) is 23.5 Å². The normalized spacial score (nSPS) is 21.5. The molecule has 0 radical (unpaired) electrons. The molecule has 1 aromatic carbocycles. The van der Waals surface area contributed by atoms with Crippen molar-refractivity contribution in [1.82, 2.24) is 9.88 Å². The lowest BCUT2D eigenvalue weighted by atomic mass is 9.64. The van der Waals surface area contributed by atoms with E-state index < -0.39 is 5.60 Å². The van der Waals surface area contributed by atoms with Crippen LogP contribution in [0.1, 0.15) is 59.4 Å². The van der Waals surface area contributed by atoms with E-state index in [9.17, 15) is 9.59 Å². The maximum atomic E-state index is 13.8. The minimum Gasteiger partial charge on any atom is -0.444 e. The Balaban J connectivity index is 1.27. The Hall–Kier alpha value is -3.29. The van der Waals surface area contributed by atoms with E-state index in [0.717, 1.165) is 54.3 Å². The largest absolute Gasteiger partial charge is 0.444 e. The molecule has 1 spiro atoms. The van der Waals surface area contributed by atoms with Gasteiger partial charge in [-0.25, -0.2) is 9.78 Å². The van der Waals surface area contributed by atoms with Crippen LogP contribution in [-0.4, -0.2) is 52.7 Å². The fraction of sp³-hybridized carbons (Fsp3) is 0.552. The fourth-order valence-electron chi connectivity index (χ4n) is 6.34. The number of hydrogen-bond acceptors (Lipinski definition) is 6. The Morgan fingerprint density at radius 2 is 1.89 bits per heavy atom. The number of anilines is 4. The first kappa shape index (κ1) is 24.1. The zero-order valence-electron chi connectivity index (χ0n) is 22.5. The van der Waals surface area contributed by atoms with Crippen molar-refractivity contribution >= 4 is 34.9 Å². The smallest absolute Gasteiger partial charge is 0.410 e. The number of ether oxygens (including phenoxy) is 1. The van der Waals surface area contributed by atoms with Crippen molar-refractivity contribution in [3.63, 3.8) is 0 Å². The van der Waals surface area contributed by atoms with Crippen molar-refractivity contribution in [3.8, 4) is 0 Å². The topological polar surface area (TPSA) is 78.0 Å². The first-order chi connectivity index (χ1) is 17.4. The fourth-order valence-corrected chi connectivity index (χ4v) is 6.34. The summed E-state index contributed by atoms with van der Waals surface area (Å²) in [6.45, 7) is 12.9. The molecule has 3 aliphatic heterocycles. The lowest BCUT2D eigenvalue weighted by Gasteiger charge is -2.63. The van der Waals surface area contributed by atoms with Gasteiger partial charge in [-0.05, 0) is 69.7 Å². The Morgan fingerprint density at radius 3 is 2.54 bits per heavy atom. The van der Waals surface area contributed by atoms with E-state index in [1.54, 1.807) is 11.1 Å². The number of carbonyl (C=O) groups excluding carboxylic acids is 2. The summed E-state index contributed by atoms with van der Waals surface area (Å²) in [7, 11) is 0. The van der Waals surface area contributed by atoms with E-state index in [2.05, 4.69) is 47.2 Å². The van der Waals surface area contributed by atoms with Crippen LogP contribution in [0.3, 0.4) is 0 Å². The second kappa shape index (κ2) is 8.10. The van der Waals surface area contributed by atoms with Crippen molar-refractivity contribution in [2.45, 2.75) is 71.6 Å². The summed E-state index contributed by atoms with van der Waals surface area (Å²) in [5.41, 5.74) is 3.56. The monoisotopic (exact) mass is 503 g/mol. The van der Waals surface area contributed by atoms with Gasteiger partial charge in [-0.15, -0.1) is 0 Å². The zero-order valence-corrected chi connectivity index (χ0v) is 22.5. The summed E-state index contributed by atoms with van der Waals surface area (Å²) in [6.07, 6.45) is 4.40. The van der Waals surface area contributed by atoms with Crippen molar-refractivity contribution in [2.75, 3.05) is 34.8 Å². The summed E-state index contributed by atoms with van der Waals surface area (Å²) in [5.74, 6) is 1.04. The molecule has 8 nitrogen and oxygen atoms in total. The van der Waals surface area contributed by atoms with Crippen LogP contribution in [0.4, 0.5) is 27.7 Å². The van der Waals surface area contributed by atoms with Crippen LogP contribution < -0.4 is 15.1 Å². The number of amides is 2. The van der Waals surface area contributed by atoms with E-state index >= 15 is 0 Å². The van der Waals surface area contributed by atoms with Crippen molar-refractivity contribution in [3.05, 3.63) is 42.1 Å². The van der Waals surface area contributed by atoms with E-state index in [1.165, 1.54) is 0 Å². The number of benzene rings is 1. The van der Waals surface area contributed by atoms with Gasteiger partial charge in [0.2, 0.25) is 5.91 Å². The second-order valence-corrected chi connectivity index (χ2v) is 13.0. The Labute approximate surface area is 219 Å². The number of nitrogens with zero attached hydrogens (tertiary/aromatic N) is 4. The van der Waals surface area contributed by atoms with Gasteiger partial charge >= 0.3 is 6.09 Å². The Kier molecular flexibility index (Phi) is 5.27. The predicted octanol–water partition coefficient (Wildman–Crippen LogP) is 5.31. The maximum absolute atomic E-state index is 13.8. The highest BCUT2D eigenvalue weighted by Gasteiger charge is 2.55. The van der Waals surface area contributed by atoms with Gasteiger partial charge in [0.1, 0.15) is 11.4 Å². The number of likely N-dealkylation sites (tertiary alicyclic amines) is 1. The van der Waals surface area contributed by atoms with E-state index in [-0.39, 0.29) is 28.9 Å². The molecule has 4 aliphatic rings. The lowest BCUT2D eigenvalue weighted by molar-refractivity contribution is -0.128. The van der Waals surface area contributed by atoms with Crippen molar-refractivity contribution in [1.29, 1.82) is 0 Å². The van der Waals surface area contributed by atoms with Gasteiger partial charge in [-0.1, -0.05) is 19.9 Å². The predicted molar refractivity (Wildman–Crippen MR) is 144 cm³/mol. The molecule has 0 bridgehead atoms. The average molecular weight is 504 g/mol. The van der Waals surface area contributed by atoms with Gasteiger partial charge in [-0.2, -0.15) is 0 Å². The SMILES string of the molecule is CC1(C)CC(C(=O)N2Cc3cccnc3Nc3ccc(N4CCC45CN(C(=O)OC(C)(C)C)C5)cc32)C1. The molecule has 0 atom stereocenters. The first-order valence-electron chi connectivity index (χ1n) is 13.4. The van der Waals surface area contributed by atoms with Gasteiger partial charge in [0.25, 0.3) is 0 Å². The average Bonchev–Trinajstić information content (AvgIpc) is 2.91. The quantitative estimate of drug-likeness (QED) is 0.599. The summed E-state index contributed by atoms with van der Waals surface area (Å²) >= 11 is 0. The van der Waals surface area contributed by atoms with Crippen LogP contribution in [0.2, 0.25) is 0 Å². The molecule has 8 heteroatoms.